The molecular weight excluding hydrogens is 518 g/mol. The monoisotopic (exact) mass is 541 g/mol. The van der Waals surface area contributed by atoms with Crippen LogP contribution in [-0.2, 0) is 10.1 Å². The number of ether oxygens (including phenoxy) is 1. The number of aryl methyl sites for hydroxylation is 1. The lowest BCUT2D eigenvalue weighted by atomic mass is 10.1. The van der Waals surface area contributed by atoms with Gasteiger partial charge in [-0.1, -0.05) is 36.4 Å². The predicted molar refractivity (Wildman–Crippen MR) is 150 cm³/mol. The molecule has 4 N–H and O–H groups in total. The number of nitrogen functional groups attached to an aromatic ring is 1. The summed E-state index contributed by atoms with van der Waals surface area (Å²) >= 11 is 0. The lowest BCUT2D eigenvalue weighted by Gasteiger charge is -2.09. The second kappa shape index (κ2) is 10.1. The molecule has 5 rings (SSSR count). The molecule has 0 saturated heterocycles. The SMILES string of the molecule is COc1cc(N=Nc2ccc3ccccc3c2S(=O)(=O)O)c(C)cc1N=Nc1ccc2cc(N)ccc2c1O. The zero-order valence-electron chi connectivity index (χ0n) is 20.9. The van der Waals surface area contributed by atoms with Crippen molar-refractivity contribution in [3.8, 4) is 11.5 Å². The highest BCUT2D eigenvalue weighted by Gasteiger charge is 2.20. The van der Waals surface area contributed by atoms with Crippen molar-refractivity contribution in [2.45, 2.75) is 11.8 Å². The first kappa shape index (κ1) is 25.8. The van der Waals surface area contributed by atoms with E-state index in [0.717, 1.165) is 5.39 Å². The summed E-state index contributed by atoms with van der Waals surface area (Å²) in [6, 6.07) is 21.8. The van der Waals surface area contributed by atoms with E-state index < -0.39 is 10.1 Å². The van der Waals surface area contributed by atoms with Crippen LogP contribution in [0.2, 0.25) is 0 Å². The maximum atomic E-state index is 12.2. The van der Waals surface area contributed by atoms with Crippen LogP contribution in [0.4, 0.5) is 28.4 Å². The Hall–Kier alpha value is -4.87. The van der Waals surface area contributed by atoms with E-state index in [9.17, 15) is 18.1 Å². The topological polar surface area (TPSA) is 159 Å². The molecule has 10 nitrogen and oxygen atoms in total. The van der Waals surface area contributed by atoms with Crippen molar-refractivity contribution in [1.82, 2.24) is 0 Å². The van der Waals surface area contributed by atoms with Crippen LogP contribution in [0, 0.1) is 6.92 Å². The van der Waals surface area contributed by atoms with Crippen LogP contribution < -0.4 is 10.5 Å². The number of aromatic hydroxyl groups is 1. The molecule has 5 aromatic rings. The van der Waals surface area contributed by atoms with Crippen LogP contribution in [0.5, 0.6) is 11.5 Å². The standard InChI is InChI=1S/C28H23N5O5S/c1-16-13-25(33-30-22-11-8-18-14-19(29)9-10-20(18)27(22)34)26(38-2)15-24(16)32-31-23-12-7-17-5-3-4-6-21(17)28(23)39(35,36)37/h3-15,34H,29H2,1-2H3,(H,35,36,37). The van der Waals surface area contributed by atoms with Gasteiger partial charge in [-0.3, -0.25) is 4.55 Å². The molecule has 0 aliphatic rings. The Balaban J connectivity index is 1.50. The summed E-state index contributed by atoms with van der Waals surface area (Å²) in [6.07, 6.45) is 0. The second-order valence-corrected chi connectivity index (χ2v) is 10.1. The van der Waals surface area contributed by atoms with Gasteiger partial charge in [-0.2, -0.15) is 13.5 Å². The highest BCUT2D eigenvalue weighted by atomic mass is 32.2. The van der Waals surface area contributed by atoms with Crippen molar-refractivity contribution in [1.29, 1.82) is 0 Å². The Morgan fingerprint density at radius 3 is 2.18 bits per heavy atom. The van der Waals surface area contributed by atoms with Gasteiger partial charge in [0.15, 0.2) is 5.75 Å². The molecule has 0 aliphatic heterocycles. The zero-order chi connectivity index (χ0) is 27.7. The summed E-state index contributed by atoms with van der Waals surface area (Å²) in [4.78, 5) is -0.322. The van der Waals surface area contributed by atoms with Gasteiger partial charge in [0.05, 0.1) is 12.8 Å². The fourth-order valence-electron chi connectivity index (χ4n) is 4.21. The molecule has 0 spiro atoms. The third-order valence-corrected chi connectivity index (χ3v) is 7.08. The molecule has 0 unspecified atom stereocenters. The van der Waals surface area contributed by atoms with Crippen LogP contribution in [0.3, 0.4) is 0 Å². The van der Waals surface area contributed by atoms with E-state index in [0.29, 0.717) is 44.5 Å². The van der Waals surface area contributed by atoms with E-state index >= 15 is 0 Å². The molecule has 0 radical (unpaired) electrons. The number of fused-ring (bicyclic) bond motifs is 2. The van der Waals surface area contributed by atoms with Crippen molar-refractivity contribution in [2.75, 3.05) is 12.8 Å². The van der Waals surface area contributed by atoms with Gasteiger partial charge in [0, 0.05) is 22.5 Å². The number of phenolic OH excluding ortho intramolecular Hbond substituents is 1. The number of azo groups is 2. The Morgan fingerprint density at radius 1 is 0.744 bits per heavy atom. The molecule has 0 aromatic heterocycles. The second-order valence-electron chi connectivity index (χ2n) is 8.73. The Labute approximate surface area is 223 Å². The van der Waals surface area contributed by atoms with Crippen LogP contribution in [0.25, 0.3) is 21.5 Å². The average Bonchev–Trinajstić information content (AvgIpc) is 2.91. The first-order valence-electron chi connectivity index (χ1n) is 11.7. The summed E-state index contributed by atoms with van der Waals surface area (Å²) in [7, 11) is -3.12. The average molecular weight is 542 g/mol. The quantitative estimate of drug-likeness (QED) is 0.114. The van der Waals surface area contributed by atoms with Gasteiger partial charge in [-0.15, -0.1) is 15.3 Å². The number of anilines is 1. The van der Waals surface area contributed by atoms with E-state index in [1.54, 1.807) is 79.7 Å². The minimum Gasteiger partial charge on any atom is -0.505 e. The molecule has 0 amide bonds. The van der Waals surface area contributed by atoms with Gasteiger partial charge < -0.3 is 15.6 Å². The number of hydrogen-bond acceptors (Lipinski definition) is 9. The van der Waals surface area contributed by atoms with Gasteiger partial charge in [-0.05, 0) is 59.7 Å². The van der Waals surface area contributed by atoms with Crippen LogP contribution in [0.1, 0.15) is 5.56 Å². The van der Waals surface area contributed by atoms with Crippen molar-refractivity contribution >= 4 is 60.1 Å². The summed E-state index contributed by atoms with van der Waals surface area (Å²) < 4.78 is 39.7. The number of nitrogens with zero attached hydrogens (tertiary/aromatic N) is 4. The highest BCUT2D eigenvalue weighted by Crippen LogP contribution is 2.40. The molecule has 5 aromatic carbocycles. The normalized spacial score (nSPS) is 12.2. The van der Waals surface area contributed by atoms with Gasteiger partial charge in [0.1, 0.15) is 27.7 Å². The van der Waals surface area contributed by atoms with E-state index in [1.807, 2.05) is 0 Å². The molecular formula is C28H23N5O5S. The molecule has 0 saturated carbocycles. The third-order valence-electron chi connectivity index (χ3n) is 6.14. The van der Waals surface area contributed by atoms with Gasteiger partial charge >= 0.3 is 0 Å². The van der Waals surface area contributed by atoms with Crippen molar-refractivity contribution in [3.63, 3.8) is 0 Å². The number of benzene rings is 5. The van der Waals surface area contributed by atoms with E-state index in [4.69, 9.17) is 10.5 Å². The molecule has 0 atom stereocenters. The third kappa shape index (κ3) is 5.13. The lowest BCUT2D eigenvalue weighted by molar-refractivity contribution is 0.416. The fraction of sp³-hybridized carbons (Fsp3) is 0.0714. The number of rotatable bonds is 6. The molecule has 196 valence electrons. The van der Waals surface area contributed by atoms with Gasteiger partial charge in [0.2, 0.25) is 0 Å². The summed E-state index contributed by atoms with van der Waals surface area (Å²) in [5, 5.41) is 29.8. The fourth-order valence-corrected chi connectivity index (χ4v) is 5.05. The molecule has 39 heavy (non-hydrogen) atoms. The van der Waals surface area contributed by atoms with E-state index in [1.165, 1.54) is 13.2 Å². The van der Waals surface area contributed by atoms with E-state index in [2.05, 4.69) is 20.5 Å². The smallest absolute Gasteiger partial charge is 0.297 e. The van der Waals surface area contributed by atoms with Crippen molar-refractivity contribution < 1.29 is 22.8 Å². The Bertz CT molecular complexity index is 1920. The van der Waals surface area contributed by atoms with Gasteiger partial charge in [0.25, 0.3) is 10.1 Å². The molecule has 0 heterocycles. The first-order valence-corrected chi connectivity index (χ1v) is 13.1. The van der Waals surface area contributed by atoms with Crippen LogP contribution in [0.15, 0.2) is 104 Å². The lowest BCUT2D eigenvalue weighted by Crippen LogP contribution is -1.99. The summed E-state index contributed by atoms with van der Waals surface area (Å²) in [5.74, 6) is 0.308. The Morgan fingerprint density at radius 2 is 1.41 bits per heavy atom. The maximum absolute atomic E-state index is 12.2. The summed E-state index contributed by atoms with van der Waals surface area (Å²) in [5.41, 5.74) is 8.10. The maximum Gasteiger partial charge on any atom is 0.297 e. The minimum atomic E-state index is -4.58. The summed E-state index contributed by atoms with van der Waals surface area (Å²) in [6.45, 7) is 1.77. The van der Waals surface area contributed by atoms with Crippen molar-refractivity contribution in [2.24, 2.45) is 20.5 Å². The number of methoxy groups -OCH3 is 1. The molecule has 0 bridgehead atoms. The van der Waals surface area contributed by atoms with Gasteiger partial charge in [-0.25, -0.2) is 0 Å². The van der Waals surface area contributed by atoms with Crippen molar-refractivity contribution in [3.05, 3.63) is 84.4 Å². The minimum absolute atomic E-state index is 0.00753. The first-order chi connectivity index (χ1) is 18.7. The van der Waals surface area contributed by atoms with E-state index in [-0.39, 0.29) is 22.0 Å². The predicted octanol–water partition coefficient (Wildman–Crippen LogP) is 7.68. The Kier molecular flexibility index (Phi) is 6.69. The number of hydrogen-bond donors (Lipinski definition) is 3. The number of nitrogens with two attached hydrogens (primary N) is 1. The highest BCUT2D eigenvalue weighted by molar-refractivity contribution is 7.86. The molecule has 11 heteroatoms. The van der Waals surface area contributed by atoms with Crippen LogP contribution in [-0.4, -0.2) is 25.2 Å². The largest absolute Gasteiger partial charge is 0.505 e. The number of phenols is 1. The molecule has 0 aliphatic carbocycles. The molecule has 0 fully saturated rings. The zero-order valence-corrected chi connectivity index (χ0v) is 21.7. The van der Waals surface area contributed by atoms with Crippen LogP contribution >= 0.6 is 0 Å².